The molecule has 100 valence electrons. The van der Waals surface area contributed by atoms with Gasteiger partial charge >= 0.3 is 0 Å². The van der Waals surface area contributed by atoms with Crippen LogP contribution < -0.4 is 11.5 Å². The molecule has 1 aromatic carbocycles. The van der Waals surface area contributed by atoms with E-state index in [-0.39, 0.29) is 5.91 Å². The van der Waals surface area contributed by atoms with Gasteiger partial charge in [-0.1, -0.05) is 56.5 Å². The molecular weight excluding hydrogens is 224 g/mol. The molecule has 18 heavy (non-hydrogen) atoms. The standard InChI is InChI=1S/C15H24N2O/c1-2-3-7-11-15(17,14(16)18)12-10-13-8-5-4-6-9-13/h4-6,8-9H,2-3,7,10-12,17H2,1H3,(H2,16,18). The molecular formula is C15H24N2O. The van der Waals surface area contributed by atoms with E-state index in [9.17, 15) is 4.79 Å². The van der Waals surface area contributed by atoms with Crippen molar-refractivity contribution in [1.82, 2.24) is 0 Å². The fourth-order valence-electron chi connectivity index (χ4n) is 2.07. The number of nitrogens with two attached hydrogens (primary N) is 2. The van der Waals surface area contributed by atoms with Crippen LogP contribution in [-0.4, -0.2) is 11.4 Å². The van der Waals surface area contributed by atoms with Crippen LogP contribution >= 0.6 is 0 Å². The van der Waals surface area contributed by atoms with Gasteiger partial charge in [-0.25, -0.2) is 0 Å². The second-order valence-corrected chi connectivity index (χ2v) is 4.96. The van der Waals surface area contributed by atoms with E-state index in [4.69, 9.17) is 11.5 Å². The number of primary amides is 1. The minimum atomic E-state index is -0.856. The smallest absolute Gasteiger partial charge is 0.237 e. The second kappa shape index (κ2) is 7.17. The number of rotatable bonds is 8. The SMILES string of the molecule is CCCCCC(N)(CCc1ccccc1)C(N)=O. The van der Waals surface area contributed by atoms with Crippen LogP contribution in [0.15, 0.2) is 30.3 Å². The van der Waals surface area contributed by atoms with Gasteiger partial charge in [0.1, 0.15) is 0 Å². The van der Waals surface area contributed by atoms with E-state index in [0.29, 0.717) is 12.8 Å². The molecule has 3 heteroatoms. The normalized spacial score (nSPS) is 14.1. The van der Waals surface area contributed by atoms with Crippen LogP contribution in [0.2, 0.25) is 0 Å². The highest BCUT2D eigenvalue weighted by Gasteiger charge is 2.30. The van der Waals surface area contributed by atoms with E-state index < -0.39 is 5.54 Å². The third-order valence-corrected chi connectivity index (χ3v) is 3.42. The summed E-state index contributed by atoms with van der Waals surface area (Å²) in [5.74, 6) is -0.380. The Bertz CT molecular complexity index is 364. The van der Waals surface area contributed by atoms with Gasteiger partial charge in [0, 0.05) is 0 Å². The number of aryl methyl sites for hydroxylation is 1. The lowest BCUT2D eigenvalue weighted by atomic mass is 9.86. The van der Waals surface area contributed by atoms with E-state index in [0.717, 1.165) is 25.7 Å². The summed E-state index contributed by atoms with van der Waals surface area (Å²) in [6.07, 6.45) is 5.28. The van der Waals surface area contributed by atoms with Gasteiger partial charge in [0.15, 0.2) is 0 Å². The molecule has 0 heterocycles. The van der Waals surface area contributed by atoms with Crippen LogP contribution in [0.5, 0.6) is 0 Å². The summed E-state index contributed by atoms with van der Waals surface area (Å²) in [7, 11) is 0. The number of hydrogen-bond acceptors (Lipinski definition) is 2. The third-order valence-electron chi connectivity index (χ3n) is 3.42. The minimum absolute atomic E-state index is 0.380. The van der Waals surface area contributed by atoms with Crippen molar-refractivity contribution in [3.63, 3.8) is 0 Å². The van der Waals surface area contributed by atoms with Crippen molar-refractivity contribution >= 4 is 5.91 Å². The van der Waals surface area contributed by atoms with Crippen LogP contribution in [0, 0.1) is 0 Å². The molecule has 4 N–H and O–H groups in total. The molecule has 0 aliphatic rings. The first-order valence-electron chi connectivity index (χ1n) is 6.71. The Balaban J connectivity index is 2.54. The molecule has 0 spiro atoms. The zero-order chi connectivity index (χ0) is 13.4. The molecule has 1 aromatic rings. The van der Waals surface area contributed by atoms with Gasteiger partial charge < -0.3 is 11.5 Å². The first-order chi connectivity index (χ1) is 8.58. The number of benzene rings is 1. The number of hydrogen-bond donors (Lipinski definition) is 2. The summed E-state index contributed by atoms with van der Waals surface area (Å²) in [6, 6.07) is 10.1. The Labute approximate surface area is 110 Å². The number of carbonyl (C=O) groups excluding carboxylic acids is 1. The Morgan fingerprint density at radius 1 is 1.17 bits per heavy atom. The summed E-state index contributed by atoms with van der Waals surface area (Å²) >= 11 is 0. The van der Waals surface area contributed by atoms with Gasteiger partial charge in [0.2, 0.25) is 5.91 Å². The predicted molar refractivity (Wildman–Crippen MR) is 75.0 cm³/mol. The lowest BCUT2D eigenvalue weighted by molar-refractivity contribution is -0.123. The van der Waals surface area contributed by atoms with Crippen molar-refractivity contribution in [3.05, 3.63) is 35.9 Å². The van der Waals surface area contributed by atoms with Gasteiger partial charge in [-0.05, 0) is 24.8 Å². The fourth-order valence-corrected chi connectivity index (χ4v) is 2.07. The fraction of sp³-hybridized carbons (Fsp3) is 0.533. The highest BCUT2D eigenvalue weighted by Crippen LogP contribution is 2.19. The number of amides is 1. The van der Waals surface area contributed by atoms with Crippen molar-refractivity contribution in [2.24, 2.45) is 11.5 Å². The lowest BCUT2D eigenvalue weighted by Crippen LogP contribution is -2.52. The molecule has 0 saturated heterocycles. The van der Waals surface area contributed by atoms with E-state index >= 15 is 0 Å². The van der Waals surface area contributed by atoms with Crippen molar-refractivity contribution in [2.45, 2.75) is 51.0 Å². The van der Waals surface area contributed by atoms with E-state index in [1.165, 1.54) is 5.56 Å². The van der Waals surface area contributed by atoms with Crippen LogP contribution in [0.25, 0.3) is 0 Å². The average Bonchev–Trinajstić information content (AvgIpc) is 2.38. The van der Waals surface area contributed by atoms with E-state index in [1.807, 2.05) is 30.3 Å². The Morgan fingerprint density at radius 3 is 2.39 bits per heavy atom. The van der Waals surface area contributed by atoms with Crippen LogP contribution in [-0.2, 0) is 11.2 Å². The molecule has 3 nitrogen and oxygen atoms in total. The topological polar surface area (TPSA) is 69.1 Å². The first-order valence-corrected chi connectivity index (χ1v) is 6.71. The maximum atomic E-state index is 11.5. The summed E-state index contributed by atoms with van der Waals surface area (Å²) in [5, 5.41) is 0. The van der Waals surface area contributed by atoms with Crippen molar-refractivity contribution in [3.8, 4) is 0 Å². The summed E-state index contributed by atoms with van der Waals surface area (Å²) in [5.41, 5.74) is 12.0. The van der Waals surface area contributed by atoms with Crippen molar-refractivity contribution < 1.29 is 4.79 Å². The van der Waals surface area contributed by atoms with Gasteiger partial charge in [-0.15, -0.1) is 0 Å². The first kappa shape index (κ1) is 14.7. The van der Waals surface area contributed by atoms with Gasteiger partial charge in [0.05, 0.1) is 5.54 Å². The van der Waals surface area contributed by atoms with Crippen LogP contribution in [0.3, 0.4) is 0 Å². The third kappa shape index (κ3) is 4.49. The van der Waals surface area contributed by atoms with Crippen molar-refractivity contribution in [2.75, 3.05) is 0 Å². The molecule has 1 rings (SSSR count). The Morgan fingerprint density at radius 2 is 1.83 bits per heavy atom. The molecule has 1 amide bonds. The molecule has 1 unspecified atom stereocenters. The van der Waals surface area contributed by atoms with Gasteiger partial charge in [0.25, 0.3) is 0 Å². The second-order valence-electron chi connectivity index (χ2n) is 4.96. The van der Waals surface area contributed by atoms with E-state index in [1.54, 1.807) is 0 Å². The summed E-state index contributed by atoms with van der Waals surface area (Å²) in [6.45, 7) is 2.13. The zero-order valence-electron chi connectivity index (χ0n) is 11.2. The predicted octanol–water partition coefficient (Wildman–Crippen LogP) is 2.38. The maximum Gasteiger partial charge on any atom is 0.237 e. The van der Waals surface area contributed by atoms with E-state index in [2.05, 4.69) is 6.92 Å². The van der Waals surface area contributed by atoms with Crippen LogP contribution in [0.1, 0.15) is 44.6 Å². The zero-order valence-corrected chi connectivity index (χ0v) is 11.2. The number of carbonyl (C=O) groups is 1. The average molecular weight is 248 g/mol. The summed E-state index contributed by atoms with van der Waals surface area (Å²) < 4.78 is 0. The van der Waals surface area contributed by atoms with Crippen molar-refractivity contribution in [1.29, 1.82) is 0 Å². The minimum Gasteiger partial charge on any atom is -0.368 e. The molecule has 0 radical (unpaired) electrons. The largest absolute Gasteiger partial charge is 0.368 e. The maximum absolute atomic E-state index is 11.5. The summed E-state index contributed by atoms with van der Waals surface area (Å²) in [4.78, 5) is 11.5. The van der Waals surface area contributed by atoms with Gasteiger partial charge in [-0.3, -0.25) is 4.79 Å². The number of unbranched alkanes of at least 4 members (excludes halogenated alkanes) is 2. The molecule has 0 aliphatic carbocycles. The Hall–Kier alpha value is -1.35. The highest BCUT2D eigenvalue weighted by molar-refractivity contribution is 5.84. The molecule has 1 atom stereocenters. The molecule has 0 bridgehead atoms. The Kier molecular flexibility index (Phi) is 5.86. The highest BCUT2D eigenvalue weighted by atomic mass is 16.1. The monoisotopic (exact) mass is 248 g/mol. The lowest BCUT2D eigenvalue weighted by Gasteiger charge is -2.26. The van der Waals surface area contributed by atoms with Gasteiger partial charge in [-0.2, -0.15) is 0 Å². The molecule has 0 saturated carbocycles. The molecule has 0 aromatic heterocycles. The quantitative estimate of drug-likeness (QED) is 0.693. The molecule has 0 fully saturated rings. The van der Waals surface area contributed by atoms with Crippen LogP contribution in [0.4, 0.5) is 0 Å². The molecule has 0 aliphatic heterocycles.